The molecule has 1 aliphatic heterocycles. The monoisotopic (exact) mass is 586 g/mol. The van der Waals surface area contributed by atoms with Gasteiger partial charge in [-0.3, -0.25) is 9.59 Å². The molecule has 0 radical (unpaired) electrons. The third-order valence-corrected chi connectivity index (χ3v) is 8.69. The molecule has 1 aliphatic rings. The first kappa shape index (κ1) is 31.3. The molecule has 1 fully saturated rings. The molecule has 1 saturated heterocycles. The Morgan fingerprint density at radius 1 is 1.12 bits per heavy atom. The van der Waals surface area contributed by atoms with Gasteiger partial charge in [-0.1, -0.05) is 6.07 Å². The fraction of sp³-hybridized carbons (Fsp3) is 0.414. The number of amides is 1. The third-order valence-electron chi connectivity index (χ3n) is 5.81. The van der Waals surface area contributed by atoms with Crippen molar-refractivity contribution in [3.8, 4) is 21.0 Å². The van der Waals surface area contributed by atoms with E-state index in [2.05, 4.69) is 14.4 Å². The van der Waals surface area contributed by atoms with Crippen LogP contribution in [-0.2, 0) is 24.3 Å². The van der Waals surface area contributed by atoms with Crippen LogP contribution in [0.25, 0.3) is 21.0 Å². The zero-order valence-corrected chi connectivity index (χ0v) is 25.7. The lowest BCUT2D eigenvalue weighted by Gasteiger charge is -2.23. The Balaban J connectivity index is 0.000000663. The fourth-order valence-corrected chi connectivity index (χ4v) is 6.71. The topological polar surface area (TPSA) is 109 Å². The van der Waals surface area contributed by atoms with E-state index in [1.54, 1.807) is 57.8 Å². The molecular formula is C29H38N4O5S2. The van der Waals surface area contributed by atoms with Crippen molar-refractivity contribution in [1.29, 1.82) is 0 Å². The van der Waals surface area contributed by atoms with Crippen LogP contribution in [0.4, 0.5) is 11.4 Å². The number of hydrogen-bond donors (Lipinski definition) is 1. The number of rotatable bonds is 8. The summed E-state index contributed by atoms with van der Waals surface area (Å²) in [5.41, 5.74) is 2.58. The Kier molecular flexibility index (Phi) is 10.1. The van der Waals surface area contributed by atoms with Crippen molar-refractivity contribution in [2.45, 2.75) is 64.0 Å². The number of nitrogens with one attached hydrogen (secondary N) is 1. The van der Waals surface area contributed by atoms with Crippen LogP contribution in [0.3, 0.4) is 0 Å². The standard InChI is InChI=1S/C25H30N4O3S2.C4H8O2/c1-25(2,3)27-34(31,32)22-15-19(29-14-6-7-23(29)30)12-13-20(22)21-16-26-24(33-21)17-8-10-18(11-9-17)28(4)5;1-4(2)6-3-5/h8-13,15-16,27H,6-7,14H2,1-5H3;3-4H,1-2H3. The largest absolute Gasteiger partial charge is 0.465 e. The Morgan fingerprint density at radius 3 is 2.30 bits per heavy atom. The molecule has 0 atom stereocenters. The van der Waals surface area contributed by atoms with E-state index in [1.165, 1.54) is 11.3 Å². The van der Waals surface area contributed by atoms with Gasteiger partial charge in [-0.25, -0.2) is 18.1 Å². The lowest BCUT2D eigenvalue weighted by Crippen LogP contribution is -2.40. The predicted octanol–water partition coefficient (Wildman–Crippen LogP) is 5.31. The smallest absolute Gasteiger partial charge is 0.293 e. The minimum atomic E-state index is -3.85. The number of thiazole rings is 1. The summed E-state index contributed by atoms with van der Waals surface area (Å²) in [6.45, 7) is 10.1. The zero-order valence-electron chi connectivity index (χ0n) is 24.1. The summed E-state index contributed by atoms with van der Waals surface area (Å²) >= 11 is 1.44. The minimum absolute atomic E-state index is 0.0149. The molecule has 9 nitrogen and oxygen atoms in total. The number of nitrogens with zero attached hydrogens (tertiary/aromatic N) is 3. The number of benzene rings is 2. The summed E-state index contributed by atoms with van der Waals surface area (Å²) in [6.07, 6.45) is 3.00. The summed E-state index contributed by atoms with van der Waals surface area (Å²) in [5.74, 6) is 0.0149. The summed E-state index contributed by atoms with van der Waals surface area (Å²) in [6, 6.07) is 13.3. The Bertz CT molecular complexity index is 1430. The zero-order chi connectivity index (χ0) is 29.7. The van der Waals surface area contributed by atoms with Crippen molar-refractivity contribution < 1.29 is 22.7 Å². The van der Waals surface area contributed by atoms with Gasteiger partial charge in [0.05, 0.1) is 15.9 Å². The van der Waals surface area contributed by atoms with Crippen molar-refractivity contribution >= 4 is 45.1 Å². The molecule has 0 saturated carbocycles. The molecule has 0 unspecified atom stereocenters. The molecular weight excluding hydrogens is 548 g/mol. The van der Waals surface area contributed by atoms with E-state index in [9.17, 15) is 18.0 Å². The van der Waals surface area contributed by atoms with Crippen LogP contribution >= 0.6 is 11.3 Å². The summed E-state index contributed by atoms with van der Waals surface area (Å²) in [4.78, 5) is 30.8. The van der Waals surface area contributed by atoms with Crippen molar-refractivity contribution in [3.63, 3.8) is 0 Å². The lowest BCUT2D eigenvalue weighted by molar-refractivity contribution is -0.132. The van der Waals surface area contributed by atoms with Crippen LogP contribution in [0.2, 0.25) is 0 Å². The highest BCUT2D eigenvalue weighted by atomic mass is 32.2. The van der Waals surface area contributed by atoms with Gasteiger partial charge in [-0.15, -0.1) is 11.3 Å². The average molecular weight is 587 g/mol. The number of hydrogen-bond acceptors (Lipinski definition) is 8. The predicted molar refractivity (Wildman–Crippen MR) is 161 cm³/mol. The SMILES string of the molecule is CC(C)OC=O.CN(C)c1ccc(-c2ncc(-c3ccc(N4CCCC4=O)cc3S(=O)(=O)NC(C)(C)C)s2)cc1. The molecule has 40 heavy (non-hydrogen) atoms. The summed E-state index contributed by atoms with van der Waals surface area (Å²) in [7, 11) is 0.128. The second-order valence-corrected chi connectivity index (χ2v) is 13.6. The van der Waals surface area contributed by atoms with Gasteiger partial charge >= 0.3 is 0 Å². The number of carbonyl (C=O) groups is 2. The molecule has 0 bridgehead atoms. The first-order valence-corrected chi connectivity index (χ1v) is 15.3. The molecule has 0 spiro atoms. The second kappa shape index (κ2) is 12.9. The van der Waals surface area contributed by atoms with E-state index in [1.807, 2.05) is 49.3 Å². The molecule has 1 N–H and O–H groups in total. The Hall–Kier alpha value is -3.28. The molecule has 3 aromatic rings. The quantitative estimate of drug-likeness (QED) is 0.356. The van der Waals surface area contributed by atoms with Gasteiger partial charge in [0.2, 0.25) is 15.9 Å². The van der Waals surface area contributed by atoms with Crippen molar-refractivity contribution in [3.05, 3.63) is 48.7 Å². The van der Waals surface area contributed by atoms with Gasteiger partial charge in [-0.2, -0.15) is 0 Å². The molecule has 2 heterocycles. The maximum atomic E-state index is 13.4. The van der Waals surface area contributed by atoms with E-state index in [-0.39, 0.29) is 16.9 Å². The van der Waals surface area contributed by atoms with Crippen molar-refractivity contribution in [2.24, 2.45) is 0 Å². The van der Waals surface area contributed by atoms with Gasteiger partial charge in [0, 0.05) is 61.3 Å². The van der Waals surface area contributed by atoms with Crippen LogP contribution in [0.15, 0.2) is 53.6 Å². The summed E-state index contributed by atoms with van der Waals surface area (Å²) in [5, 5.41) is 0.811. The van der Waals surface area contributed by atoms with Gasteiger partial charge in [0.25, 0.3) is 6.47 Å². The van der Waals surface area contributed by atoms with E-state index >= 15 is 0 Å². The van der Waals surface area contributed by atoms with E-state index in [0.29, 0.717) is 30.7 Å². The lowest BCUT2D eigenvalue weighted by atomic mass is 10.1. The molecule has 216 valence electrons. The highest BCUT2D eigenvalue weighted by Gasteiger charge is 2.29. The molecule has 1 amide bonds. The van der Waals surface area contributed by atoms with Crippen LogP contribution < -0.4 is 14.5 Å². The molecule has 11 heteroatoms. The van der Waals surface area contributed by atoms with Gasteiger partial charge in [0.1, 0.15) is 5.01 Å². The van der Waals surface area contributed by atoms with E-state index < -0.39 is 15.6 Å². The van der Waals surface area contributed by atoms with Crippen LogP contribution in [0.5, 0.6) is 0 Å². The number of sulfonamides is 1. The van der Waals surface area contributed by atoms with Gasteiger partial charge in [0.15, 0.2) is 0 Å². The maximum absolute atomic E-state index is 13.4. The molecule has 0 aliphatic carbocycles. The first-order chi connectivity index (χ1) is 18.7. The molecule has 4 rings (SSSR count). The second-order valence-electron chi connectivity index (χ2n) is 10.9. The van der Waals surface area contributed by atoms with E-state index in [0.717, 1.165) is 27.6 Å². The highest BCUT2D eigenvalue weighted by Crippen LogP contribution is 2.38. The van der Waals surface area contributed by atoms with Crippen molar-refractivity contribution in [2.75, 3.05) is 30.4 Å². The number of aromatic nitrogens is 1. The third kappa shape index (κ3) is 8.12. The fourth-order valence-electron chi connectivity index (χ4n) is 4.03. The van der Waals surface area contributed by atoms with Crippen LogP contribution in [-0.4, -0.2) is 58.1 Å². The van der Waals surface area contributed by atoms with Crippen LogP contribution in [0.1, 0.15) is 47.5 Å². The molecule has 1 aromatic heterocycles. The summed E-state index contributed by atoms with van der Waals surface area (Å²) < 4.78 is 34.0. The minimum Gasteiger partial charge on any atom is -0.465 e. The van der Waals surface area contributed by atoms with Crippen LogP contribution in [0, 0.1) is 0 Å². The average Bonchev–Trinajstić information content (AvgIpc) is 3.52. The maximum Gasteiger partial charge on any atom is 0.293 e. The van der Waals surface area contributed by atoms with E-state index in [4.69, 9.17) is 0 Å². The van der Waals surface area contributed by atoms with Gasteiger partial charge in [-0.05, 0) is 77.4 Å². The number of carbonyl (C=O) groups excluding carboxylic acids is 2. The van der Waals surface area contributed by atoms with Crippen molar-refractivity contribution in [1.82, 2.24) is 9.71 Å². The Labute approximate surface area is 241 Å². The number of anilines is 2. The normalized spacial score (nSPS) is 13.7. The number of ether oxygens (including phenoxy) is 1. The van der Waals surface area contributed by atoms with Gasteiger partial charge < -0.3 is 14.5 Å². The Morgan fingerprint density at radius 2 is 1.80 bits per heavy atom. The highest BCUT2D eigenvalue weighted by molar-refractivity contribution is 7.89. The molecule has 2 aromatic carbocycles. The first-order valence-electron chi connectivity index (χ1n) is 13.0.